The molecule has 2 saturated carbocycles. The fourth-order valence-electron chi connectivity index (χ4n) is 4.99. The zero-order chi connectivity index (χ0) is 14.6. The van der Waals surface area contributed by atoms with Crippen LogP contribution in [-0.2, 0) is 9.53 Å². The lowest BCUT2D eigenvalue weighted by molar-refractivity contribution is -0.162. The van der Waals surface area contributed by atoms with Crippen molar-refractivity contribution in [1.82, 2.24) is 4.98 Å². The monoisotopic (exact) mass is 350 g/mol. The summed E-state index contributed by atoms with van der Waals surface area (Å²) in [6.45, 7) is 0. The quantitative estimate of drug-likeness (QED) is 0.768. The summed E-state index contributed by atoms with van der Waals surface area (Å²) in [4.78, 5) is 19.3. The van der Waals surface area contributed by atoms with Crippen molar-refractivity contribution in [3.8, 4) is 0 Å². The molecule has 0 radical (unpaired) electrons. The van der Waals surface area contributed by atoms with Crippen molar-refractivity contribution >= 4 is 27.7 Å². The van der Waals surface area contributed by atoms with Gasteiger partial charge in [-0.05, 0) is 66.1 Å². The number of carbonyl (C=O) groups excluding carboxylic acids is 1. The second-order valence-electron chi connectivity index (χ2n) is 6.77. The molecule has 4 aliphatic rings. The van der Waals surface area contributed by atoms with Gasteiger partial charge in [0.1, 0.15) is 5.82 Å². The summed E-state index contributed by atoms with van der Waals surface area (Å²) in [6, 6.07) is 4.99. The predicted molar refractivity (Wildman–Crippen MR) is 83.0 cm³/mol. The van der Waals surface area contributed by atoms with E-state index in [9.17, 15) is 4.79 Å². The Balaban J connectivity index is 1.67. The molecule has 2 saturated heterocycles. The van der Waals surface area contributed by atoms with Gasteiger partial charge in [-0.3, -0.25) is 4.79 Å². The van der Waals surface area contributed by atoms with Gasteiger partial charge >= 0.3 is 5.97 Å². The van der Waals surface area contributed by atoms with E-state index in [-0.39, 0.29) is 11.4 Å². The van der Waals surface area contributed by atoms with Gasteiger partial charge in [0.25, 0.3) is 0 Å². The molecule has 0 aromatic carbocycles. The smallest absolute Gasteiger partial charge is 0.311 e. The molecule has 4 fully saturated rings. The first-order valence-corrected chi connectivity index (χ1v) is 8.39. The van der Waals surface area contributed by atoms with Crippen LogP contribution in [0.1, 0.15) is 32.1 Å². The molecule has 3 heterocycles. The van der Waals surface area contributed by atoms with Crippen LogP contribution in [0.4, 0.5) is 5.82 Å². The fourth-order valence-corrected chi connectivity index (χ4v) is 5.22. The topological polar surface area (TPSA) is 42.4 Å². The molecule has 112 valence electrons. The van der Waals surface area contributed by atoms with Crippen molar-refractivity contribution in [1.29, 1.82) is 0 Å². The van der Waals surface area contributed by atoms with E-state index in [1.807, 2.05) is 12.3 Å². The number of esters is 1. The van der Waals surface area contributed by atoms with Crippen molar-refractivity contribution in [2.75, 3.05) is 12.0 Å². The number of ether oxygens (including phenoxy) is 1. The largest absolute Gasteiger partial charge is 0.469 e. The van der Waals surface area contributed by atoms with Gasteiger partial charge in [0.05, 0.1) is 12.5 Å². The van der Waals surface area contributed by atoms with Crippen LogP contribution in [0.2, 0.25) is 0 Å². The number of halogens is 1. The van der Waals surface area contributed by atoms with Crippen molar-refractivity contribution < 1.29 is 9.53 Å². The van der Waals surface area contributed by atoms with Crippen molar-refractivity contribution in [2.24, 2.45) is 11.3 Å². The molecule has 21 heavy (non-hydrogen) atoms. The number of rotatable bonds is 2. The van der Waals surface area contributed by atoms with Crippen LogP contribution in [0, 0.1) is 11.3 Å². The van der Waals surface area contributed by atoms with E-state index in [1.165, 1.54) is 20.0 Å². The maximum Gasteiger partial charge on any atom is 0.311 e. The second kappa shape index (κ2) is 4.70. The third kappa shape index (κ3) is 2.00. The number of nitrogens with zero attached hydrogens (tertiary/aromatic N) is 2. The van der Waals surface area contributed by atoms with Crippen LogP contribution >= 0.6 is 15.9 Å². The number of anilines is 1. The Bertz CT molecular complexity index is 558. The van der Waals surface area contributed by atoms with Gasteiger partial charge < -0.3 is 9.64 Å². The summed E-state index contributed by atoms with van der Waals surface area (Å²) < 4.78 is 6.11. The van der Waals surface area contributed by atoms with Crippen LogP contribution < -0.4 is 4.90 Å². The van der Waals surface area contributed by atoms with Gasteiger partial charge in [-0.25, -0.2) is 4.98 Å². The van der Waals surface area contributed by atoms with Gasteiger partial charge in [0.15, 0.2) is 0 Å². The van der Waals surface area contributed by atoms with Gasteiger partial charge in [-0.2, -0.15) is 0 Å². The highest BCUT2D eigenvalue weighted by Crippen LogP contribution is 2.57. The summed E-state index contributed by atoms with van der Waals surface area (Å²) in [5.74, 6) is 1.73. The Kier molecular flexibility index (Phi) is 3.03. The zero-order valence-electron chi connectivity index (χ0n) is 12.1. The molecule has 0 N–H and O–H groups in total. The van der Waals surface area contributed by atoms with Crippen LogP contribution in [0.25, 0.3) is 0 Å². The number of methoxy groups -OCH3 is 1. The maximum atomic E-state index is 12.3. The molecular weight excluding hydrogens is 332 g/mol. The minimum Gasteiger partial charge on any atom is -0.469 e. The number of hydrogen-bond acceptors (Lipinski definition) is 4. The lowest BCUT2D eigenvalue weighted by Crippen LogP contribution is -2.64. The maximum absolute atomic E-state index is 12.3. The van der Waals surface area contributed by atoms with E-state index < -0.39 is 0 Å². The lowest BCUT2D eigenvalue weighted by Gasteiger charge is -2.60. The molecule has 2 aliphatic heterocycles. The summed E-state index contributed by atoms with van der Waals surface area (Å²) >= 11 is 3.44. The first kappa shape index (κ1) is 13.6. The average Bonchev–Trinajstić information content (AvgIpc) is 2.47. The molecule has 5 rings (SSSR count). The third-order valence-electron chi connectivity index (χ3n) is 5.52. The Morgan fingerprint density at radius 2 is 2.05 bits per heavy atom. The number of pyridine rings is 1. The highest BCUT2D eigenvalue weighted by molar-refractivity contribution is 9.10. The second-order valence-corrected chi connectivity index (χ2v) is 7.69. The molecule has 0 spiro atoms. The summed E-state index contributed by atoms with van der Waals surface area (Å²) in [6.07, 6.45) is 7.10. The first-order valence-electron chi connectivity index (χ1n) is 7.60. The minimum atomic E-state index is -0.225. The lowest BCUT2D eigenvalue weighted by atomic mass is 9.55. The van der Waals surface area contributed by atoms with Crippen LogP contribution in [-0.4, -0.2) is 30.1 Å². The Morgan fingerprint density at radius 1 is 1.33 bits per heavy atom. The van der Waals surface area contributed by atoms with Gasteiger partial charge in [0.2, 0.25) is 0 Å². The molecule has 0 amide bonds. The zero-order valence-corrected chi connectivity index (χ0v) is 13.7. The minimum absolute atomic E-state index is 0.00492. The van der Waals surface area contributed by atoms with E-state index >= 15 is 0 Å². The van der Waals surface area contributed by atoms with E-state index in [4.69, 9.17) is 4.74 Å². The molecule has 4 nitrogen and oxygen atoms in total. The Labute approximate surface area is 133 Å². The standard InChI is InChI=1S/C16H19BrN2O2/c1-21-15(20)16-6-10-4-12(7-16)19(13(5-10)8-16)14-3-2-11(17)9-18-14/h2-3,9-10,12-13H,4-8H2,1H3/t10?,12-,13-,16?/m0/s1. The number of hydrogen-bond donors (Lipinski definition) is 0. The summed E-state index contributed by atoms with van der Waals surface area (Å²) in [5.41, 5.74) is -0.225. The summed E-state index contributed by atoms with van der Waals surface area (Å²) in [5, 5.41) is 0. The van der Waals surface area contributed by atoms with Crippen LogP contribution in [0.3, 0.4) is 0 Å². The van der Waals surface area contributed by atoms with Crippen molar-refractivity contribution in [2.45, 2.75) is 44.2 Å². The highest BCUT2D eigenvalue weighted by Gasteiger charge is 2.58. The van der Waals surface area contributed by atoms with E-state index in [0.29, 0.717) is 18.0 Å². The predicted octanol–water partition coefficient (Wildman–Crippen LogP) is 3.15. The van der Waals surface area contributed by atoms with E-state index in [0.717, 1.165) is 29.6 Å². The van der Waals surface area contributed by atoms with Crippen molar-refractivity contribution in [3.05, 3.63) is 22.8 Å². The fraction of sp³-hybridized carbons (Fsp3) is 0.625. The summed E-state index contributed by atoms with van der Waals surface area (Å²) in [7, 11) is 1.52. The first-order chi connectivity index (χ1) is 10.1. The molecular formula is C16H19BrN2O2. The molecule has 2 aliphatic carbocycles. The molecule has 1 aromatic heterocycles. The highest BCUT2D eigenvalue weighted by atomic mass is 79.9. The third-order valence-corrected chi connectivity index (χ3v) is 5.99. The normalized spacial score (nSPS) is 36.9. The molecule has 1 aromatic rings. The van der Waals surface area contributed by atoms with Gasteiger partial charge in [-0.1, -0.05) is 0 Å². The molecule has 2 atom stereocenters. The van der Waals surface area contributed by atoms with Crippen LogP contribution in [0.15, 0.2) is 22.8 Å². The Morgan fingerprint density at radius 3 is 2.62 bits per heavy atom. The van der Waals surface area contributed by atoms with Gasteiger partial charge in [-0.15, -0.1) is 0 Å². The number of aromatic nitrogens is 1. The SMILES string of the molecule is COC(=O)C12CC3C[C@@H](C1)N(c1ccc(Br)cn1)[C@@H](C3)C2. The molecule has 5 heteroatoms. The van der Waals surface area contributed by atoms with E-state index in [1.54, 1.807) is 0 Å². The number of carbonyl (C=O) groups is 1. The van der Waals surface area contributed by atoms with E-state index in [2.05, 4.69) is 31.9 Å². The molecule has 0 unspecified atom stereocenters. The number of piperidine rings is 2. The Hall–Kier alpha value is -1.10. The van der Waals surface area contributed by atoms with Crippen molar-refractivity contribution in [3.63, 3.8) is 0 Å². The van der Waals surface area contributed by atoms with Gasteiger partial charge in [0, 0.05) is 22.8 Å². The average molecular weight is 351 g/mol. The van der Waals surface area contributed by atoms with Crippen LogP contribution in [0.5, 0.6) is 0 Å². The molecule has 4 bridgehead atoms.